The van der Waals surface area contributed by atoms with E-state index in [9.17, 15) is 26.7 Å². The van der Waals surface area contributed by atoms with Crippen LogP contribution >= 0.6 is 0 Å². The van der Waals surface area contributed by atoms with Gasteiger partial charge in [-0.3, -0.25) is 4.79 Å². The molecule has 19 heavy (non-hydrogen) atoms. The molecule has 1 N–H and O–H groups in total. The highest BCUT2D eigenvalue weighted by molar-refractivity contribution is 5.84. The molecule has 9 heteroatoms. The van der Waals surface area contributed by atoms with E-state index in [1.54, 1.807) is 0 Å². The summed E-state index contributed by atoms with van der Waals surface area (Å²) in [6, 6.07) is 2.80. The minimum Gasteiger partial charge on any atom is -0.481 e. The Labute approximate surface area is 104 Å². The van der Waals surface area contributed by atoms with Gasteiger partial charge in [0.2, 0.25) is 5.88 Å². The van der Waals surface area contributed by atoms with Crippen LogP contribution in [0.1, 0.15) is 5.56 Å². The summed E-state index contributed by atoms with van der Waals surface area (Å²) in [5, 5.41) is 1.49. The number of alkyl halides is 5. The maximum atomic E-state index is 12.6. The summed E-state index contributed by atoms with van der Waals surface area (Å²) in [7, 11) is 1.25. The molecule has 1 amide bonds. The zero-order valence-electron chi connectivity index (χ0n) is 9.59. The van der Waals surface area contributed by atoms with Gasteiger partial charge in [-0.2, -0.15) is 22.0 Å². The van der Waals surface area contributed by atoms with E-state index in [2.05, 4.69) is 4.98 Å². The lowest BCUT2D eigenvalue weighted by Crippen LogP contribution is -2.50. The summed E-state index contributed by atoms with van der Waals surface area (Å²) in [6.07, 6.45) is -4.59. The van der Waals surface area contributed by atoms with Crippen LogP contribution in [0.3, 0.4) is 0 Å². The van der Waals surface area contributed by atoms with Gasteiger partial charge in [-0.1, -0.05) is 6.07 Å². The molecule has 1 heterocycles. The third-order valence-corrected chi connectivity index (χ3v) is 2.12. The molecule has 0 bridgehead atoms. The average molecular weight is 284 g/mol. The first-order valence-electron chi connectivity index (χ1n) is 4.91. The fourth-order valence-electron chi connectivity index (χ4n) is 1.16. The van der Waals surface area contributed by atoms with E-state index >= 15 is 0 Å². The van der Waals surface area contributed by atoms with Crippen LogP contribution in [0.5, 0.6) is 5.88 Å². The van der Waals surface area contributed by atoms with Gasteiger partial charge in [0.1, 0.15) is 0 Å². The second kappa shape index (κ2) is 5.37. The maximum absolute atomic E-state index is 12.6. The molecule has 0 radical (unpaired) electrons. The lowest BCUT2D eigenvalue weighted by molar-refractivity contribution is -0.269. The summed E-state index contributed by atoms with van der Waals surface area (Å²) in [5.74, 6) is -7.84. The lowest BCUT2D eigenvalue weighted by Gasteiger charge is -2.18. The molecule has 106 valence electrons. The molecule has 1 aromatic heterocycles. The molecule has 0 spiro atoms. The number of aromatic nitrogens is 1. The first-order chi connectivity index (χ1) is 8.70. The van der Waals surface area contributed by atoms with E-state index in [-0.39, 0.29) is 11.4 Å². The number of carbonyl (C=O) groups excluding carboxylic acids is 1. The standard InChI is InChI=1S/C10H9F5N2O2/c1-19-7-6(3-2-4-16-7)5-17-8(18)9(11,12)10(13,14)15/h2-4H,5H2,1H3,(H,17,18). The molecule has 1 rings (SSSR count). The van der Waals surface area contributed by atoms with Gasteiger partial charge in [0.25, 0.3) is 0 Å². The number of methoxy groups -OCH3 is 1. The molecule has 0 unspecified atom stereocenters. The highest BCUT2D eigenvalue weighted by Crippen LogP contribution is 2.35. The van der Waals surface area contributed by atoms with Gasteiger partial charge in [-0.05, 0) is 6.07 Å². The molecule has 0 fully saturated rings. The Balaban J connectivity index is 2.75. The van der Waals surface area contributed by atoms with Gasteiger partial charge in [-0.15, -0.1) is 0 Å². The minimum atomic E-state index is -5.93. The Hall–Kier alpha value is -1.93. The number of hydrogen-bond acceptors (Lipinski definition) is 3. The Bertz CT molecular complexity index is 461. The molecule has 0 aromatic carbocycles. The summed E-state index contributed by atoms with van der Waals surface area (Å²) in [5.41, 5.74) is 0.177. The SMILES string of the molecule is COc1ncccc1CNC(=O)C(F)(F)C(F)(F)F. The monoisotopic (exact) mass is 284 g/mol. The van der Waals surface area contributed by atoms with Crippen molar-refractivity contribution in [2.75, 3.05) is 7.11 Å². The van der Waals surface area contributed by atoms with E-state index in [1.807, 2.05) is 0 Å². The number of nitrogens with one attached hydrogen (secondary N) is 1. The smallest absolute Gasteiger partial charge is 0.463 e. The summed E-state index contributed by atoms with van der Waals surface area (Å²) >= 11 is 0. The lowest BCUT2D eigenvalue weighted by atomic mass is 10.2. The van der Waals surface area contributed by atoms with Crippen LogP contribution in [0.25, 0.3) is 0 Å². The molecule has 0 saturated heterocycles. The largest absolute Gasteiger partial charge is 0.481 e. The summed E-state index contributed by atoms with van der Waals surface area (Å²) < 4.78 is 65.7. The van der Waals surface area contributed by atoms with Crippen LogP contribution in [-0.4, -0.2) is 30.1 Å². The van der Waals surface area contributed by atoms with Crippen molar-refractivity contribution in [2.24, 2.45) is 0 Å². The highest BCUT2D eigenvalue weighted by atomic mass is 19.4. The summed E-state index contributed by atoms with van der Waals surface area (Å²) in [4.78, 5) is 14.5. The van der Waals surface area contributed by atoms with Crippen molar-refractivity contribution in [3.8, 4) is 5.88 Å². The molecule has 0 aliphatic carbocycles. The zero-order valence-corrected chi connectivity index (χ0v) is 9.59. The molecular weight excluding hydrogens is 275 g/mol. The molecule has 0 aliphatic rings. The molecular formula is C10H9F5N2O2. The van der Waals surface area contributed by atoms with E-state index in [1.165, 1.54) is 30.8 Å². The van der Waals surface area contributed by atoms with Gasteiger partial charge in [0.15, 0.2) is 0 Å². The van der Waals surface area contributed by atoms with Gasteiger partial charge in [0.05, 0.1) is 7.11 Å². The fraction of sp³-hybridized carbons (Fsp3) is 0.400. The second-order valence-corrected chi connectivity index (χ2v) is 3.43. The summed E-state index contributed by atoms with van der Waals surface area (Å²) in [6.45, 7) is -0.554. The Morgan fingerprint density at radius 3 is 2.53 bits per heavy atom. The third-order valence-electron chi connectivity index (χ3n) is 2.12. The normalized spacial score (nSPS) is 12.1. The number of ether oxygens (including phenoxy) is 1. The van der Waals surface area contributed by atoms with Crippen molar-refractivity contribution in [3.63, 3.8) is 0 Å². The van der Waals surface area contributed by atoms with Crippen LogP contribution in [0.15, 0.2) is 18.3 Å². The van der Waals surface area contributed by atoms with Crippen molar-refractivity contribution >= 4 is 5.91 Å². The topological polar surface area (TPSA) is 51.2 Å². The number of nitrogens with zero attached hydrogens (tertiary/aromatic N) is 1. The first kappa shape index (κ1) is 15.1. The number of pyridine rings is 1. The van der Waals surface area contributed by atoms with Crippen LogP contribution < -0.4 is 10.1 Å². The van der Waals surface area contributed by atoms with Crippen molar-refractivity contribution < 1.29 is 31.5 Å². The number of hydrogen-bond donors (Lipinski definition) is 1. The van der Waals surface area contributed by atoms with Crippen LogP contribution in [-0.2, 0) is 11.3 Å². The van der Waals surface area contributed by atoms with E-state index in [0.717, 1.165) is 0 Å². The fourth-order valence-corrected chi connectivity index (χ4v) is 1.16. The van der Waals surface area contributed by atoms with Crippen molar-refractivity contribution in [3.05, 3.63) is 23.9 Å². The molecule has 0 saturated carbocycles. The molecule has 4 nitrogen and oxygen atoms in total. The highest BCUT2D eigenvalue weighted by Gasteiger charge is 2.63. The Morgan fingerprint density at radius 2 is 2.00 bits per heavy atom. The average Bonchev–Trinajstić information content (AvgIpc) is 2.34. The Morgan fingerprint density at radius 1 is 1.37 bits per heavy atom. The van der Waals surface area contributed by atoms with Crippen LogP contribution in [0.4, 0.5) is 22.0 Å². The van der Waals surface area contributed by atoms with Gasteiger partial charge in [0, 0.05) is 18.3 Å². The number of carbonyl (C=O) groups is 1. The number of rotatable bonds is 4. The quantitative estimate of drug-likeness (QED) is 0.859. The number of halogens is 5. The Kier molecular flexibility index (Phi) is 4.28. The second-order valence-electron chi connectivity index (χ2n) is 3.43. The van der Waals surface area contributed by atoms with Gasteiger partial charge >= 0.3 is 18.0 Å². The van der Waals surface area contributed by atoms with Gasteiger partial charge in [-0.25, -0.2) is 4.98 Å². The minimum absolute atomic E-state index is 0.0260. The van der Waals surface area contributed by atoms with Crippen LogP contribution in [0, 0.1) is 0 Å². The predicted molar refractivity (Wildman–Crippen MR) is 53.6 cm³/mol. The zero-order chi connectivity index (χ0) is 14.7. The van der Waals surface area contributed by atoms with Crippen molar-refractivity contribution in [2.45, 2.75) is 18.6 Å². The maximum Gasteiger partial charge on any atom is 0.463 e. The van der Waals surface area contributed by atoms with Crippen molar-refractivity contribution in [1.29, 1.82) is 0 Å². The van der Waals surface area contributed by atoms with Crippen LogP contribution in [0.2, 0.25) is 0 Å². The number of amides is 1. The molecule has 1 aromatic rings. The van der Waals surface area contributed by atoms with Crippen molar-refractivity contribution in [1.82, 2.24) is 10.3 Å². The predicted octanol–water partition coefficient (Wildman–Crippen LogP) is 1.90. The first-order valence-corrected chi connectivity index (χ1v) is 4.91. The molecule has 0 aliphatic heterocycles. The van der Waals surface area contributed by atoms with E-state index in [4.69, 9.17) is 4.74 Å². The van der Waals surface area contributed by atoms with E-state index < -0.39 is 24.6 Å². The third kappa shape index (κ3) is 3.30. The van der Waals surface area contributed by atoms with E-state index in [0.29, 0.717) is 0 Å². The molecule has 0 atom stereocenters. The van der Waals surface area contributed by atoms with Gasteiger partial charge < -0.3 is 10.1 Å².